The van der Waals surface area contributed by atoms with Crippen LogP contribution in [-0.4, -0.2) is 30.3 Å². The maximum absolute atomic E-state index is 12.7. The number of carbonyl (C=O) groups is 1. The van der Waals surface area contributed by atoms with Gasteiger partial charge in [-0.15, -0.1) is 0 Å². The second kappa shape index (κ2) is 11.5. The first-order valence-corrected chi connectivity index (χ1v) is 11.4. The number of benzene rings is 2. The largest absolute Gasteiger partial charge is 0.491 e. The molecule has 2 N–H and O–H groups in total. The van der Waals surface area contributed by atoms with Crippen molar-refractivity contribution in [3.63, 3.8) is 0 Å². The second-order valence-corrected chi connectivity index (χ2v) is 9.08. The van der Waals surface area contributed by atoms with E-state index >= 15 is 0 Å². The van der Waals surface area contributed by atoms with E-state index in [1.54, 1.807) is 30.5 Å². The molecule has 7 nitrogen and oxygen atoms in total. The Kier molecular flexibility index (Phi) is 8.49. The van der Waals surface area contributed by atoms with Gasteiger partial charge in [-0.2, -0.15) is 0 Å². The molecule has 1 aromatic heterocycles. The maximum atomic E-state index is 12.7. The number of hydrogen-bond acceptors (Lipinski definition) is 5. The minimum absolute atomic E-state index is 0.107. The molecule has 0 atom stereocenters. The fourth-order valence-corrected chi connectivity index (χ4v) is 3.24. The van der Waals surface area contributed by atoms with Gasteiger partial charge in [0.05, 0.1) is 12.7 Å². The normalized spacial score (nSPS) is 11.2. The number of rotatable bonds is 9. The summed E-state index contributed by atoms with van der Waals surface area (Å²) in [5.41, 5.74) is 2.00. The van der Waals surface area contributed by atoms with Crippen molar-refractivity contribution in [1.82, 2.24) is 4.98 Å². The summed E-state index contributed by atoms with van der Waals surface area (Å²) in [5.74, 6) is 1.66. The SMILES string of the molecule is CC(C)OCCOc1cccc(NC(=O)Nc2cccnc2Oc2ccccc2C(C)(C)C)c1. The lowest BCUT2D eigenvalue weighted by Crippen LogP contribution is -2.20. The summed E-state index contributed by atoms with van der Waals surface area (Å²) in [5, 5.41) is 5.64. The predicted molar refractivity (Wildman–Crippen MR) is 135 cm³/mol. The number of nitrogens with one attached hydrogen (secondary N) is 2. The molecule has 3 rings (SSSR count). The number of urea groups is 1. The average Bonchev–Trinajstić information content (AvgIpc) is 2.78. The van der Waals surface area contributed by atoms with Crippen LogP contribution in [0.2, 0.25) is 0 Å². The molecule has 2 amide bonds. The Balaban J connectivity index is 1.66. The van der Waals surface area contributed by atoms with Gasteiger partial charge in [-0.25, -0.2) is 9.78 Å². The van der Waals surface area contributed by atoms with Crippen molar-refractivity contribution < 1.29 is 19.0 Å². The minimum atomic E-state index is -0.415. The zero-order chi connectivity index (χ0) is 24.6. The van der Waals surface area contributed by atoms with Crippen LogP contribution in [0.3, 0.4) is 0 Å². The maximum Gasteiger partial charge on any atom is 0.323 e. The van der Waals surface area contributed by atoms with Gasteiger partial charge < -0.3 is 24.8 Å². The summed E-state index contributed by atoms with van der Waals surface area (Å²) in [7, 11) is 0. The Hall–Kier alpha value is -3.58. The van der Waals surface area contributed by atoms with Gasteiger partial charge in [-0.05, 0) is 49.6 Å². The lowest BCUT2D eigenvalue weighted by Gasteiger charge is -2.22. The molecule has 7 heteroatoms. The number of carbonyl (C=O) groups excluding carboxylic acids is 1. The molecule has 1 heterocycles. The van der Waals surface area contributed by atoms with Gasteiger partial charge in [0, 0.05) is 23.5 Å². The molecule has 0 aliphatic heterocycles. The van der Waals surface area contributed by atoms with E-state index in [-0.39, 0.29) is 11.5 Å². The summed E-state index contributed by atoms with van der Waals surface area (Å²) in [6.07, 6.45) is 1.78. The van der Waals surface area contributed by atoms with Crippen LogP contribution in [0.25, 0.3) is 0 Å². The smallest absolute Gasteiger partial charge is 0.323 e. The molecule has 180 valence electrons. The van der Waals surface area contributed by atoms with Crippen LogP contribution >= 0.6 is 0 Å². The summed E-state index contributed by atoms with van der Waals surface area (Å²) in [6, 6.07) is 18.1. The predicted octanol–water partition coefficient (Wildman–Crippen LogP) is 6.62. The summed E-state index contributed by atoms with van der Waals surface area (Å²) in [6.45, 7) is 11.2. The van der Waals surface area contributed by atoms with E-state index in [2.05, 4.69) is 36.4 Å². The third-order valence-electron chi connectivity index (χ3n) is 4.82. The molecule has 0 saturated carbocycles. The summed E-state index contributed by atoms with van der Waals surface area (Å²) in [4.78, 5) is 17.0. The highest BCUT2D eigenvalue weighted by atomic mass is 16.5. The molecule has 34 heavy (non-hydrogen) atoms. The molecule has 0 unspecified atom stereocenters. The third kappa shape index (κ3) is 7.49. The van der Waals surface area contributed by atoms with E-state index in [4.69, 9.17) is 14.2 Å². The van der Waals surface area contributed by atoms with Crippen molar-refractivity contribution in [3.8, 4) is 17.4 Å². The van der Waals surface area contributed by atoms with Crippen molar-refractivity contribution in [2.45, 2.75) is 46.1 Å². The van der Waals surface area contributed by atoms with Crippen molar-refractivity contribution in [1.29, 1.82) is 0 Å². The number of hydrogen-bond donors (Lipinski definition) is 2. The van der Waals surface area contributed by atoms with E-state index < -0.39 is 6.03 Å². The Morgan fingerprint density at radius 3 is 2.53 bits per heavy atom. The van der Waals surface area contributed by atoms with E-state index in [9.17, 15) is 4.79 Å². The fourth-order valence-electron chi connectivity index (χ4n) is 3.24. The third-order valence-corrected chi connectivity index (χ3v) is 4.82. The first-order valence-electron chi connectivity index (χ1n) is 11.4. The van der Waals surface area contributed by atoms with Gasteiger partial charge in [0.15, 0.2) is 0 Å². The van der Waals surface area contributed by atoms with E-state index in [0.717, 1.165) is 5.56 Å². The molecule has 0 bridgehead atoms. The highest BCUT2D eigenvalue weighted by Crippen LogP contribution is 2.35. The molecule has 0 radical (unpaired) electrons. The topological polar surface area (TPSA) is 81.7 Å². The van der Waals surface area contributed by atoms with Crippen molar-refractivity contribution in [3.05, 3.63) is 72.4 Å². The first-order chi connectivity index (χ1) is 16.2. The zero-order valence-electron chi connectivity index (χ0n) is 20.4. The highest BCUT2D eigenvalue weighted by molar-refractivity contribution is 6.00. The molecular formula is C27H33N3O4. The number of aromatic nitrogens is 1. The summed E-state index contributed by atoms with van der Waals surface area (Å²) >= 11 is 0. The molecular weight excluding hydrogens is 430 g/mol. The first kappa shape index (κ1) is 25.1. The van der Waals surface area contributed by atoms with Crippen LogP contribution in [0.5, 0.6) is 17.4 Å². The number of anilines is 2. The van der Waals surface area contributed by atoms with Gasteiger partial charge in [0.2, 0.25) is 5.88 Å². The van der Waals surface area contributed by atoms with Crippen molar-refractivity contribution in [2.24, 2.45) is 0 Å². The fraction of sp³-hybridized carbons (Fsp3) is 0.333. The minimum Gasteiger partial charge on any atom is -0.491 e. The lowest BCUT2D eigenvalue weighted by molar-refractivity contribution is 0.0553. The van der Waals surface area contributed by atoms with Crippen LogP contribution in [0.15, 0.2) is 66.9 Å². The second-order valence-electron chi connectivity index (χ2n) is 9.08. The van der Waals surface area contributed by atoms with Crippen LogP contribution in [0.1, 0.15) is 40.2 Å². The molecule has 0 spiro atoms. The Morgan fingerprint density at radius 1 is 0.971 bits per heavy atom. The molecule has 0 aliphatic rings. The molecule has 0 fully saturated rings. The van der Waals surface area contributed by atoms with Crippen molar-refractivity contribution >= 4 is 17.4 Å². The number of nitrogens with zero attached hydrogens (tertiary/aromatic N) is 1. The Morgan fingerprint density at radius 2 is 1.76 bits per heavy atom. The summed E-state index contributed by atoms with van der Waals surface area (Å²) < 4.78 is 17.3. The van der Waals surface area contributed by atoms with Gasteiger partial charge in [-0.1, -0.05) is 45.0 Å². The monoisotopic (exact) mass is 463 g/mol. The van der Waals surface area contributed by atoms with Gasteiger partial charge in [0.25, 0.3) is 0 Å². The Labute approximate surface area is 201 Å². The van der Waals surface area contributed by atoms with E-state index in [1.165, 1.54) is 0 Å². The lowest BCUT2D eigenvalue weighted by atomic mass is 9.86. The number of pyridine rings is 1. The molecule has 0 saturated heterocycles. The average molecular weight is 464 g/mol. The molecule has 0 aliphatic carbocycles. The van der Waals surface area contributed by atoms with E-state index in [1.807, 2.05) is 50.2 Å². The van der Waals surface area contributed by atoms with Crippen LogP contribution in [-0.2, 0) is 10.2 Å². The molecule has 3 aromatic rings. The van der Waals surface area contributed by atoms with E-state index in [0.29, 0.717) is 42.0 Å². The number of ether oxygens (including phenoxy) is 3. The zero-order valence-corrected chi connectivity index (χ0v) is 20.4. The van der Waals surface area contributed by atoms with Crippen LogP contribution in [0.4, 0.5) is 16.2 Å². The van der Waals surface area contributed by atoms with Crippen LogP contribution < -0.4 is 20.1 Å². The number of para-hydroxylation sites is 1. The van der Waals surface area contributed by atoms with Gasteiger partial charge in [0.1, 0.15) is 23.8 Å². The van der Waals surface area contributed by atoms with Crippen LogP contribution in [0, 0.1) is 0 Å². The quantitative estimate of drug-likeness (QED) is 0.349. The van der Waals surface area contributed by atoms with Gasteiger partial charge >= 0.3 is 6.03 Å². The van der Waals surface area contributed by atoms with Crippen molar-refractivity contribution in [2.75, 3.05) is 23.8 Å². The number of amides is 2. The standard InChI is InChI=1S/C27H33N3O4/c1-19(2)32-16-17-33-21-11-8-10-20(18-21)29-26(31)30-23-13-9-15-28-25(23)34-24-14-7-6-12-22(24)27(3,4)5/h6-15,18-19H,16-17H2,1-5H3,(H2,29,30,31). The molecule has 2 aromatic carbocycles. The Bertz CT molecular complexity index is 1090. The van der Waals surface area contributed by atoms with Gasteiger partial charge in [-0.3, -0.25) is 0 Å². The highest BCUT2D eigenvalue weighted by Gasteiger charge is 2.20.